The molecule has 2 aliphatic rings. The molecule has 16 heteroatoms. The molecule has 0 radical (unpaired) electrons. The summed E-state index contributed by atoms with van der Waals surface area (Å²) in [7, 11) is 5.45. The Labute approximate surface area is 286 Å². The second kappa shape index (κ2) is 14.9. The predicted molar refractivity (Wildman–Crippen MR) is 170 cm³/mol. The topological polar surface area (TPSA) is 244 Å². The van der Waals surface area contributed by atoms with Gasteiger partial charge in [0.1, 0.15) is 18.3 Å². The van der Waals surface area contributed by atoms with Crippen LogP contribution in [-0.2, 0) is 20.6 Å². The van der Waals surface area contributed by atoms with Gasteiger partial charge >= 0.3 is 5.97 Å². The minimum Gasteiger partial charge on any atom is -0.504 e. The van der Waals surface area contributed by atoms with Gasteiger partial charge in [-0.1, -0.05) is 0 Å². The van der Waals surface area contributed by atoms with Crippen molar-refractivity contribution < 1.29 is 78.8 Å². The second-order valence-electron chi connectivity index (χ2n) is 12.0. The quantitative estimate of drug-likeness (QED) is 0.104. The molecule has 0 aromatic heterocycles. The van der Waals surface area contributed by atoms with Crippen LogP contribution in [0.1, 0.15) is 33.0 Å². The summed E-state index contributed by atoms with van der Waals surface area (Å²) in [6.07, 6.45) is -5.69. The molecule has 50 heavy (non-hydrogen) atoms. The molecule has 1 aliphatic heterocycles. The van der Waals surface area contributed by atoms with Gasteiger partial charge in [0.15, 0.2) is 46.5 Å². The average Bonchev–Trinajstić information content (AvgIpc) is 3.11. The summed E-state index contributed by atoms with van der Waals surface area (Å²) in [4.78, 5) is 13.2. The van der Waals surface area contributed by atoms with Crippen molar-refractivity contribution in [3.05, 3.63) is 52.6 Å². The molecule has 272 valence electrons. The molecular formula is C34H40O16. The Morgan fingerprint density at radius 2 is 1.36 bits per heavy atom. The monoisotopic (exact) mass is 704 g/mol. The highest BCUT2D eigenvalue weighted by atomic mass is 16.7. The molecule has 1 heterocycles. The van der Waals surface area contributed by atoms with E-state index in [0.717, 1.165) is 12.1 Å². The summed E-state index contributed by atoms with van der Waals surface area (Å²) in [5.74, 6) is -5.61. The number of hydrogen-bond donors (Lipinski definition) is 8. The highest BCUT2D eigenvalue weighted by Gasteiger charge is 2.45. The number of esters is 1. The lowest BCUT2D eigenvalue weighted by Crippen LogP contribution is -2.54. The van der Waals surface area contributed by atoms with Crippen LogP contribution >= 0.6 is 0 Å². The molecule has 3 aromatic carbocycles. The lowest BCUT2D eigenvalue weighted by molar-refractivity contribution is -0.274. The summed E-state index contributed by atoms with van der Waals surface area (Å²) in [5, 5.41) is 82.5. The molecule has 3 aromatic rings. The Morgan fingerprint density at radius 1 is 0.760 bits per heavy atom. The average molecular weight is 705 g/mol. The maximum atomic E-state index is 13.2. The van der Waals surface area contributed by atoms with Crippen LogP contribution < -0.4 is 18.9 Å². The van der Waals surface area contributed by atoms with E-state index in [1.807, 2.05) is 0 Å². The number of ether oxygens (including phenoxy) is 7. The number of phenolic OH excluding ortho intramolecular Hbond substituents is 5. The predicted octanol–water partition coefficient (Wildman–Crippen LogP) is 1.48. The summed E-state index contributed by atoms with van der Waals surface area (Å²) >= 11 is 0. The van der Waals surface area contributed by atoms with E-state index in [-0.39, 0.29) is 66.3 Å². The van der Waals surface area contributed by atoms with E-state index in [1.54, 1.807) is 18.2 Å². The first-order valence-electron chi connectivity index (χ1n) is 15.5. The zero-order valence-electron chi connectivity index (χ0n) is 27.6. The number of fused-ring (bicyclic) bond motifs is 1. The molecule has 5 rings (SSSR count). The largest absolute Gasteiger partial charge is 0.504 e. The van der Waals surface area contributed by atoms with Gasteiger partial charge in [-0.2, -0.15) is 0 Å². The molecule has 7 atom stereocenters. The van der Waals surface area contributed by atoms with Crippen molar-refractivity contribution in [2.75, 3.05) is 48.3 Å². The maximum absolute atomic E-state index is 13.2. The number of carbonyl (C=O) groups is 1. The van der Waals surface area contributed by atoms with Crippen LogP contribution in [0.2, 0.25) is 0 Å². The van der Waals surface area contributed by atoms with Crippen LogP contribution in [-0.4, -0.2) is 120 Å². The van der Waals surface area contributed by atoms with Gasteiger partial charge in [0, 0.05) is 17.4 Å². The summed E-state index contributed by atoms with van der Waals surface area (Å²) in [5.41, 5.74) is 1.35. The fourth-order valence-corrected chi connectivity index (χ4v) is 6.52. The van der Waals surface area contributed by atoms with Crippen LogP contribution in [0.15, 0.2) is 30.3 Å². The van der Waals surface area contributed by atoms with Gasteiger partial charge in [0.25, 0.3) is 0 Å². The summed E-state index contributed by atoms with van der Waals surface area (Å²) in [6, 6.07) is 6.60. The van der Waals surface area contributed by atoms with E-state index in [1.165, 1.54) is 28.4 Å². The van der Waals surface area contributed by atoms with Gasteiger partial charge in [-0.25, -0.2) is 4.79 Å². The highest BCUT2D eigenvalue weighted by molar-refractivity contribution is 5.91. The molecule has 16 nitrogen and oxygen atoms in total. The normalized spacial score (nSPS) is 24.6. The third-order valence-corrected chi connectivity index (χ3v) is 9.10. The molecular weight excluding hydrogens is 664 g/mol. The zero-order valence-corrected chi connectivity index (χ0v) is 27.6. The number of phenols is 5. The van der Waals surface area contributed by atoms with Crippen molar-refractivity contribution in [2.24, 2.45) is 11.8 Å². The van der Waals surface area contributed by atoms with Crippen LogP contribution in [0.5, 0.6) is 51.7 Å². The van der Waals surface area contributed by atoms with Crippen molar-refractivity contribution in [3.63, 3.8) is 0 Å². The number of benzene rings is 3. The smallest absolute Gasteiger partial charge is 0.338 e. The fraction of sp³-hybridized carbons (Fsp3) is 0.441. The zero-order chi connectivity index (χ0) is 36.4. The first-order valence-corrected chi connectivity index (χ1v) is 15.5. The lowest BCUT2D eigenvalue weighted by atomic mass is 9.66. The van der Waals surface area contributed by atoms with Crippen molar-refractivity contribution in [2.45, 2.75) is 36.9 Å². The Hall–Kier alpha value is -4.87. The molecule has 8 N–H and O–H groups in total. The van der Waals surface area contributed by atoms with E-state index < -0.39 is 65.6 Å². The number of aliphatic hydroxyl groups is 3. The molecule has 1 aliphatic carbocycles. The molecule has 1 saturated heterocycles. The molecule has 0 spiro atoms. The number of aromatic hydroxyl groups is 5. The van der Waals surface area contributed by atoms with Gasteiger partial charge in [-0.3, -0.25) is 0 Å². The Kier molecular flexibility index (Phi) is 10.9. The minimum absolute atomic E-state index is 0.0564. The van der Waals surface area contributed by atoms with Crippen LogP contribution in [0.3, 0.4) is 0 Å². The Balaban J connectivity index is 1.63. The van der Waals surface area contributed by atoms with E-state index >= 15 is 0 Å². The third-order valence-electron chi connectivity index (χ3n) is 9.10. The fourth-order valence-electron chi connectivity index (χ4n) is 6.52. The number of hydrogen-bond acceptors (Lipinski definition) is 16. The number of methoxy groups -OCH3 is 4. The molecule has 0 bridgehead atoms. The minimum atomic E-state index is -1.61. The van der Waals surface area contributed by atoms with Crippen LogP contribution in [0.4, 0.5) is 0 Å². The van der Waals surface area contributed by atoms with Gasteiger partial charge in [0.2, 0.25) is 11.5 Å². The van der Waals surface area contributed by atoms with Crippen molar-refractivity contribution in [1.29, 1.82) is 0 Å². The first kappa shape index (κ1) is 36.4. The highest BCUT2D eigenvalue weighted by Crippen LogP contribution is 2.55. The van der Waals surface area contributed by atoms with E-state index in [0.29, 0.717) is 16.7 Å². The molecule has 7 unspecified atom stereocenters. The van der Waals surface area contributed by atoms with Gasteiger partial charge < -0.3 is 74.0 Å². The lowest BCUT2D eigenvalue weighted by Gasteiger charge is -2.42. The van der Waals surface area contributed by atoms with Crippen molar-refractivity contribution >= 4 is 5.97 Å². The van der Waals surface area contributed by atoms with E-state index in [4.69, 9.17) is 33.2 Å². The van der Waals surface area contributed by atoms with Gasteiger partial charge in [0.05, 0.1) is 53.8 Å². The number of rotatable bonds is 11. The maximum Gasteiger partial charge on any atom is 0.338 e. The van der Waals surface area contributed by atoms with Gasteiger partial charge in [-0.15, -0.1) is 0 Å². The molecule has 1 fully saturated rings. The van der Waals surface area contributed by atoms with Crippen molar-refractivity contribution in [1.82, 2.24) is 0 Å². The molecule has 0 amide bonds. The van der Waals surface area contributed by atoms with Crippen LogP contribution in [0.25, 0.3) is 0 Å². The van der Waals surface area contributed by atoms with Gasteiger partial charge in [-0.05, 0) is 53.8 Å². The van der Waals surface area contributed by atoms with Crippen molar-refractivity contribution in [3.8, 4) is 51.7 Å². The molecule has 0 saturated carbocycles. The summed E-state index contributed by atoms with van der Waals surface area (Å²) < 4.78 is 39.2. The Morgan fingerprint density at radius 3 is 1.94 bits per heavy atom. The number of carbonyl (C=O) groups excluding carboxylic acids is 1. The first-order chi connectivity index (χ1) is 23.8. The second-order valence-corrected chi connectivity index (χ2v) is 12.0. The number of aliphatic hydroxyl groups excluding tert-OH is 3. The summed E-state index contributed by atoms with van der Waals surface area (Å²) in [6.45, 7) is -0.821. The SMILES string of the molecule is COc1cc(C2c3c(cc(OC)c(O)c3OC)CC(COC(=O)c3cc(O)c(O)c(O)c3)C2COC2OCC(O)C(O)C2O)cc(OC)c1O. The third kappa shape index (κ3) is 6.80. The standard InChI is InChI=1S/C34H40O16/c1-44-22-9-15(10-23(45-2)29(22)40)25-18(12-49-34-31(42)28(39)21(37)13-50-34)17(5-14-8-24(46-3)30(41)32(47-4)26(14)25)11-48-33(43)16-6-19(35)27(38)20(36)7-16/h6-10,17-18,21,25,28,31,34-42H,5,11-13H2,1-4H3. The van der Waals surface area contributed by atoms with E-state index in [2.05, 4.69) is 0 Å². The van der Waals surface area contributed by atoms with Crippen LogP contribution in [0, 0.1) is 11.8 Å². The Bertz CT molecular complexity index is 1660. The van der Waals surface area contributed by atoms with E-state index in [9.17, 15) is 45.6 Å².